The molecule has 4 rings (SSSR count). The molecule has 2 N–H and O–H groups in total. The fraction of sp³-hybridized carbons (Fsp3) is 0.200. The normalized spacial score (nSPS) is 12.8. The highest BCUT2D eigenvalue weighted by molar-refractivity contribution is 5.98. The molecule has 1 aliphatic heterocycles. The molecule has 3 aromatic rings. The van der Waals surface area contributed by atoms with Gasteiger partial charge in [0.1, 0.15) is 18.1 Å². The second kappa shape index (κ2) is 11.1. The predicted molar refractivity (Wildman–Crippen MR) is 128 cm³/mol. The SMILES string of the molecule is C=CC(=O)Nc1cccc(Oc2nc(Nc3cccc(OCCN4CCCC4=O)c3)ncc2F)c1. The van der Waals surface area contributed by atoms with Crippen molar-refractivity contribution < 1.29 is 23.5 Å². The van der Waals surface area contributed by atoms with E-state index in [9.17, 15) is 14.0 Å². The summed E-state index contributed by atoms with van der Waals surface area (Å²) in [5.41, 5.74) is 1.09. The Morgan fingerprint density at radius 3 is 2.71 bits per heavy atom. The summed E-state index contributed by atoms with van der Waals surface area (Å²) in [7, 11) is 0. The molecule has 0 spiro atoms. The van der Waals surface area contributed by atoms with E-state index in [2.05, 4.69) is 27.2 Å². The maximum Gasteiger partial charge on any atom is 0.260 e. The molecule has 0 atom stereocenters. The molecule has 0 aliphatic carbocycles. The highest BCUT2D eigenvalue weighted by Gasteiger charge is 2.19. The van der Waals surface area contributed by atoms with Gasteiger partial charge in [0.2, 0.25) is 23.6 Å². The number of nitrogens with one attached hydrogen (secondary N) is 2. The number of anilines is 3. The summed E-state index contributed by atoms with van der Waals surface area (Å²) >= 11 is 0. The lowest BCUT2D eigenvalue weighted by Gasteiger charge is -2.16. The molecule has 0 bridgehead atoms. The van der Waals surface area contributed by atoms with Crippen molar-refractivity contribution in [3.05, 3.63) is 73.2 Å². The number of amides is 2. The third kappa shape index (κ3) is 6.53. The van der Waals surface area contributed by atoms with Crippen molar-refractivity contribution >= 4 is 29.1 Å². The molecule has 0 saturated carbocycles. The predicted octanol–water partition coefficient (Wildman–Crippen LogP) is 4.28. The minimum Gasteiger partial charge on any atom is -0.492 e. The molecule has 1 saturated heterocycles. The van der Waals surface area contributed by atoms with Gasteiger partial charge in [-0.15, -0.1) is 0 Å². The molecule has 1 fully saturated rings. The van der Waals surface area contributed by atoms with E-state index in [1.165, 1.54) is 6.07 Å². The minimum atomic E-state index is -0.746. The van der Waals surface area contributed by atoms with E-state index in [0.29, 0.717) is 36.7 Å². The average Bonchev–Trinajstić information content (AvgIpc) is 3.26. The molecule has 1 aromatic heterocycles. The molecule has 1 aliphatic rings. The zero-order valence-corrected chi connectivity index (χ0v) is 18.9. The highest BCUT2D eigenvalue weighted by atomic mass is 19.1. The average molecular weight is 477 g/mol. The fourth-order valence-electron chi connectivity index (χ4n) is 3.43. The first-order valence-corrected chi connectivity index (χ1v) is 11.0. The van der Waals surface area contributed by atoms with Crippen LogP contribution in [0.2, 0.25) is 0 Å². The van der Waals surface area contributed by atoms with E-state index >= 15 is 0 Å². The largest absolute Gasteiger partial charge is 0.492 e. The summed E-state index contributed by atoms with van der Waals surface area (Å²) in [5, 5.41) is 5.61. The monoisotopic (exact) mass is 477 g/mol. The van der Waals surface area contributed by atoms with Crippen LogP contribution in [-0.2, 0) is 9.59 Å². The van der Waals surface area contributed by atoms with Gasteiger partial charge in [-0.3, -0.25) is 9.59 Å². The van der Waals surface area contributed by atoms with Crippen LogP contribution in [-0.4, -0.2) is 46.4 Å². The molecule has 9 nitrogen and oxygen atoms in total. The molecular formula is C25H24FN5O4. The third-order valence-electron chi connectivity index (χ3n) is 5.10. The Hall–Kier alpha value is -4.47. The van der Waals surface area contributed by atoms with Crippen LogP contribution in [0.25, 0.3) is 0 Å². The molecule has 0 unspecified atom stereocenters. The number of benzene rings is 2. The summed E-state index contributed by atoms with van der Waals surface area (Å²) in [6.07, 6.45) is 3.63. The Labute approximate surface area is 201 Å². The lowest BCUT2D eigenvalue weighted by molar-refractivity contribution is -0.128. The van der Waals surface area contributed by atoms with Gasteiger partial charge in [0.25, 0.3) is 5.88 Å². The first kappa shape index (κ1) is 23.7. The van der Waals surface area contributed by atoms with Crippen LogP contribution in [0, 0.1) is 5.82 Å². The molecule has 2 amide bonds. The van der Waals surface area contributed by atoms with Gasteiger partial charge in [-0.1, -0.05) is 18.7 Å². The Kier molecular flexibility index (Phi) is 7.51. The maximum atomic E-state index is 14.3. The van der Waals surface area contributed by atoms with E-state index < -0.39 is 5.82 Å². The van der Waals surface area contributed by atoms with E-state index in [1.807, 2.05) is 0 Å². The number of carbonyl (C=O) groups is 2. The molecule has 10 heteroatoms. The third-order valence-corrected chi connectivity index (χ3v) is 5.10. The number of carbonyl (C=O) groups excluding carboxylic acids is 2. The number of likely N-dealkylation sites (tertiary alicyclic amines) is 1. The fourth-order valence-corrected chi connectivity index (χ4v) is 3.43. The van der Waals surface area contributed by atoms with Crippen molar-refractivity contribution in [1.82, 2.24) is 14.9 Å². The van der Waals surface area contributed by atoms with Gasteiger partial charge in [-0.25, -0.2) is 4.98 Å². The number of ether oxygens (including phenoxy) is 2. The quantitative estimate of drug-likeness (QED) is 0.420. The zero-order valence-electron chi connectivity index (χ0n) is 18.9. The first-order chi connectivity index (χ1) is 17.0. The second-order valence-corrected chi connectivity index (χ2v) is 7.66. The Morgan fingerprint density at radius 1 is 1.17 bits per heavy atom. The van der Waals surface area contributed by atoms with E-state index in [0.717, 1.165) is 25.2 Å². The molecule has 2 aromatic carbocycles. The van der Waals surface area contributed by atoms with Crippen LogP contribution in [0.15, 0.2) is 67.4 Å². The van der Waals surface area contributed by atoms with Crippen molar-refractivity contribution in [2.75, 3.05) is 30.3 Å². The smallest absolute Gasteiger partial charge is 0.260 e. The number of nitrogens with zero attached hydrogens (tertiary/aromatic N) is 3. The van der Waals surface area contributed by atoms with Crippen LogP contribution in [0.5, 0.6) is 17.4 Å². The summed E-state index contributed by atoms with van der Waals surface area (Å²) in [6, 6.07) is 13.6. The van der Waals surface area contributed by atoms with Gasteiger partial charge in [0.05, 0.1) is 12.7 Å². The van der Waals surface area contributed by atoms with Gasteiger partial charge >= 0.3 is 0 Å². The van der Waals surface area contributed by atoms with Crippen molar-refractivity contribution in [3.63, 3.8) is 0 Å². The zero-order chi connectivity index (χ0) is 24.6. The van der Waals surface area contributed by atoms with Crippen LogP contribution >= 0.6 is 0 Å². The van der Waals surface area contributed by atoms with Gasteiger partial charge in [0, 0.05) is 36.5 Å². The highest BCUT2D eigenvalue weighted by Crippen LogP contribution is 2.27. The Balaban J connectivity index is 1.39. The lowest BCUT2D eigenvalue weighted by Crippen LogP contribution is -2.29. The van der Waals surface area contributed by atoms with Crippen molar-refractivity contribution in [2.45, 2.75) is 12.8 Å². The van der Waals surface area contributed by atoms with Crippen LogP contribution in [0.4, 0.5) is 21.7 Å². The van der Waals surface area contributed by atoms with E-state index in [4.69, 9.17) is 9.47 Å². The summed E-state index contributed by atoms with van der Waals surface area (Å²) in [6.45, 7) is 5.09. The maximum absolute atomic E-state index is 14.3. The van der Waals surface area contributed by atoms with Crippen LogP contribution in [0.3, 0.4) is 0 Å². The minimum absolute atomic E-state index is 0.123. The van der Waals surface area contributed by atoms with E-state index in [-0.39, 0.29) is 29.4 Å². The molecule has 2 heterocycles. The van der Waals surface area contributed by atoms with Gasteiger partial charge in [0.15, 0.2) is 0 Å². The summed E-state index contributed by atoms with van der Waals surface area (Å²) < 4.78 is 25.7. The van der Waals surface area contributed by atoms with Gasteiger partial charge in [-0.2, -0.15) is 9.37 Å². The summed E-state index contributed by atoms with van der Waals surface area (Å²) in [5.74, 6) is -0.235. The van der Waals surface area contributed by atoms with Crippen LogP contribution in [0.1, 0.15) is 12.8 Å². The molecular weight excluding hydrogens is 453 g/mol. The number of rotatable bonds is 10. The van der Waals surface area contributed by atoms with Crippen LogP contribution < -0.4 is 20.1 Å². The van der Waals surface area contributed by atoms with E-state index in [1.54, 1.807) is 47.4 Å². The Morgan fingerprint density at radius 2 is 1.94 bits per heavy atom. The van der Waals surface area contributed by atoms with Crippen molar-refractivity contribution in [2.24, 2.45) is 0 Å². The van der Waals surface area contributed by atoms with Crippen molar-refractivity contribution in [1.29, 1.82) is 0 Å². The molecule has 180 valence electrons. The van der Waals surface area contributed by atoms with Gasteiger partial charge < -0.3 is 25.0 Å². The number of halogens is 1. The number of hydrogen-bond donors (Lipinski definition) is 2. The second-order valence-electron chi connectivity index (χ2n) is 7.66. The molecule has 0 radical (unpaired) electrons. The first-order valence-electron chi connectivity index (χ1n) is 11.0. The number of aromatic nitrogens is 2. The number of hydrogen-bond acceptors (Lipinski definition) is 7. The Bertz CT molecular complexity index is 1240. The topological polar surface area (TPSA) is 106 Å². The standard InChI is InChI=1S/C25H24FN5O4/c1-2-22(32)28-17-6-4-9-20(15-17)35-24-21(26)16-27-25(30-24)29-18-7-3-8-19(14-18)34-13-12-31-11-5-10-23(31)33/h2-4,6-9,14-16H,1,5,10-13H2,(H,28,32)(H,27,29,30). The molecule has 35 heavy (non-hydrogen) atoms. The van der Waals surface area contributed by atoms with Gasteiger partial charge in [-0.05, 0) is 36.8 Å². The van der Waals surface area contributed by atoms with Crippen molar-refractivity contribution in [3.8, 4) is 17.4 Å². The summed E-state index contributed by atoms with van der Waals surface area (Å²) in [4.78, 5) is 33.1. The lowest BCUT2D eigenvalue weighted by atomic mass is 10.3.